The topological polar surface area (TPSA) is 94.9 Å². The molecule has 0 fully saturated rings. The van der Waals surface area contributed by atoms with Gasteiger partial charge < -0.3 is 10.6 Å². The molecule has 0 saturated heterocycles. The van der Waals surface area contributed by atoms with Crippen LogP contribution >= 0.6 is 11.6 Å². The number of nitrogens with one attached hydrogen (secondary N) is 2. The average Bonchev–Trinajstić information content (AvgIpc) is 2.72. The molecule has 7 heteroatoms. The molecule has 2 amide bonds. The van der Waals surface area contributed by atoms with Crippen LogP contribution in [0.3, 0.4) is 0 Å². The fourth-order valence-corrected chi connectivity index (χ4v) is 2.61. The van der Waals surface area contributed by atoms with Crippen LogP contribution in [0.2, 0.25) is 5.02 Å². The number of benzene rings is 2. The van der Waals surface area contributed by atoms with Crippen LogP contribution in [0.5, 0.6) is 0 Å². The van der Waals surface area contributed by atoms with Crippen molar-refractivity contribution in [2.24, 2.45) is 0 Å². The molecular formula is C21H15ClN4O2. The highest BCUT2D eigenvalue weighted by atomic mass is 35.5. The first-order valence-electron chi connectivity index (χ1n) is 8.33. The molecule has 1 heterocycles. The summed E-state index contributed by atoms with van der Waals surface area (Å²) in [6.45, 7) is 1.80. The zero-order chi connectivity index (χ0) is 20.1. The fourth-order valence-electron chi connectivity index (χ4n) is 2.44. The lowest BCUT2D eigenvalue weighted by molar-refractivity contribution is 0.101. The Hall–Kier alpha value is -3.69. The Kier molecular flexibility index (Phi) is 5.68. The average molecular weight is 391 g/mol. The highest BCUT2D eigenvalue weighted by molar-refractivity contribution is 6.31. The van der Waals surface area contributed by atoms with Gasteiger partial charge in [-0.1, -0.05) is 23.7 Å². The van der Waals surface area contributed by atoms with Gasteiger partial charge in [0, 0.05) is 16.4 Å². The summed E-state index contributed by atoms with van der Waals surface area (Å²) in [5.74, 6) is -0.906. The number of pyridine rings is 1. The molecule has 0 aliphatic heterocycles. The van der Waals surface area contributed by atoms with E-state index < -0.39 is 11.8 Å². The summed E-state index contributed by atoms with van der Waals surface area (Å²) in [6, 6.07) is 18.3. The third kappa shape index (κ3) is 4.34. The van der Waals surface area contributed by atoms with E-state index >= 15 is 0 Å². The standard InChI is InChI=1S/C21H15ClN4O2/c1-13-16(22)4-2-5-17(13)26-21(28)19-7-3-6-18(25-19)20(27)24-15-10-8-14(12-23)9-11-15/h2-11H,1H3,(H,24,27)(H,26,28). The van der Waals surface area contributed by atoms with Crippen LogP contribution in [0.1, 0.15) is 32.1 Å². The third-order valence-electron chi connectivity index (χ3n) is 4.00. The van der Waals surface area contributed by atoms with Crippen LogP contribution in [-0.4, -0.2) is 16.8 Å². The largest absolute Gasteiger partial charge is 0.321 e. The molecule has 6 nitrogen and oxygen atoms in total. The van der Waals surface area contributed by atoms with Gasteiger partial charge in [0.25, 0.3) is 11.8 Å². The maximum atomic E-state index is 12.5. The van der Waals surface area contributed by atoms with Crippen molar-refractivity contribution < 1.29 is 9.59 Å². The predicted octanol–water partition coefficient (Wildman–Crippen LogP) is 4.42. The minimum absolute atomic E-state index is 0.0971. The van der Waals surface area contributed by atoms with Crippen molar-refractivity contribution in [3.63, 3.8) is 0 Å². The van der Waals surface area contributed by atoms with E-state index in [2.05, 4.69) is 15.6 Å². The van der Waals surface area contributed by atoms with Gasteiger partial charge in [0.2, 0.25) is 0 Å². The highest BCUT2D eigenvalue weighted by Crippen LogP contribution is 2.23. The van der Waals surface area contributed by atoms with Crippen LogP contribution in [0, 0.1) is 18.3 Å². The van der Waals surface area contributed by atoms with E-state index in [4.69, 9.17) is 16.9 Å². The molecule has 28 heavy (non-hydrogen) atoms. The summed E-state index contributed by atoms with van der Waals surface area (Å²) in [7, 11) is 0. The SMILES string of the molecule is Cc1c(Cl)cccc1NC(=O)c1cccc(C(=O)Nc2ccc(C#N)cc2)n1. The quantitative estimate of drug-likeness (QED) is 0.689. The van der Waals surface area contributed by atoms with Crippen LogP contribution < -0.4 is 10.6 Å². The second kappa shape index (κ2) is 8.33. The number of anilines is 2. The minimum Gasteiger partial charge on any atom is -0.321 e. The summed E-state index contributed by atoms with van der Waals surface area (Å²) in [4.78, 5) is 29.1. The second-order valence-electron chi connectivity index (χ2n) is 5.92. The Morgan fingerprint density at radius 1 is 0.929 bits per heavy atom. The smallest absolute Gasteiger partial charge is 0.274 e. The molecule has 2 N–H and O–H groups in total. The van der Waals surface area contributed by atoms with Crippen molar-refractivity contribution in [2.75, 3.05) is 10.6 Å². The molecule has 0 aliphatic carbocycles. The first-order chi connectivity index (χ1) is 13.5. The third-order valence-corrected chi connectivity index (χ3v) is 4.41. The lowest BCUT2D eigenvalue weighted by Crippen LogP contribution is -2.18. The summed E-state index contributed by atoms with van der Waals surface area (Å²) in [5, 5.41) is 14.8. The molecule has 0 saturated carbocycles. The van der Waals surface area contributed by atoms with E-state index in [1.165, 1.54) is 12.1 Å². The second-order valence-corrected chi connectivity index (χ2v) is 6.33. The number of aromatic nitrogens is 1. The number of carbonyl (C=O) groups excluding carboxylic acids is 2. The van der Waals surface area contributed by atoms with Crippen molar-refractivity contribution in [2.45, 2.75) is 6.92 Å². The molecule has 138 valence electrons. The lowest BCUT2D eigenvalue weighted by atomic mass is 10.2. The number of hydrogen-bond acceptors (Lipinski definition) is 4. The van der Waals surface area contributed by atoms with Crippen LogP contribution in [0.4, 0.5) is 11.4 Å². The number of nitriles is 1. The maximum Gasteiger partial charge on any atom is 0.274 e. The van der Waals surface area contributed by atoms with Gasteiger partial charge in [0.1, 0.15) is 11.4 Å². The lowest BCUT2D eigenvalue weighted by Gasteiger charge is -2.10. The van der Waals surface area contributed by atoms with E-state index in [0.29, 0.717) is 22.0 Å². The molecule has 0 atom stereocenters. The predicted molar refractivity (Wildman–Crippen MR) is 107 cm³/mol. The normalized spacial score (nSPS) is 10.0. The molecule has 3 aromatic rings. The molecule has 0 radical (unpaired) electrons. The van der Waals surface area contributed by atoms with E-state index in [0.717, 1.165) is 5.56 Å². The molecule has 2 aromatic carbocycles. The monoisotopic (exact) mass is 390 g/mol. The number of nitrogens with zero attached hydrogens (tertiary/aromatic N) is 2. The Morgan fingerprint density at radius 2 is 1.54 bits per heavy atom. The Morgan fingerprint density at radius 3 is 2.18 bits per heavy atom. The van der Waals surface area contributed by atoms with E-state index in [9.17, 15) is 9.59 Å². The van der Waals surface area contributed by atoms with E-state index in [1.807, 2.05) is 6.07 Å². The maximum absolute atomic E-state index is 12.5. The molecule has 0 bridgehead atoms. The summed E-state index contributed by atoms with van der Waals surface area (Å²) >= 11 is 6.07. The van der Waals surface area contributed by atoms with Gasteiger partial charge in [0.15, 0.2) is 0 Å². The number of hydrogen-bond donors (Lipinski definition) is 2. The van der Waals surface area contributed by atoms with Crippen molar-refractivity contribution in [3.05, 3.63) is 88.2 Å². The van der Waals surface area contributed by atoms with Crippen molar-refractivity contribution in [1.82, 2.24) is 4.98 Å². The molecule has 3 rings (SSSR count). The van der Waals surface area contributed by atoms with Gasteiger partial charge in [-0.3, -0.25) is 9.59 Å². The van der Waals surface area contributed by atoms with Crippen LogP contribution in [0.25, 0.3) is 0 Å². The summed E-state index contributed by atoms with van der Waals surface area (Å²) in [5.41, 5.74) is 2.53. The molecule has 1 aromatic heterocycles. The number of carbonyl (C=O) groups is 2. The highest BCUT2D eigenvalue weighted by Gasteiger charge is 2.14. The summed E-state index contributed by atoms with van der Waals surface area (Å²) in [6.07, 6.45) is 0. The minimum atomic E-state index is -0.460. The van der Waals surface area contributed by atoms with Gasteiger partial charge in [0.05, 0.1) is 11.6 Å². The zero-order valence-corrected chi connectivity index (χ0v) is 15.6. The Balaban J connectivity index is 1.75. The van der Waals surface area contributed by atoms with Crippen molar-refractivity contribution in [3.8, 4) is 6.07 Å². The summed E-state index contributed by atoms with van der Waals surface area (Å²) < 4.78 is 0. The van der Waals surface area contributed by atoms with Crippen molar-refractivity contribution >= 4 is 34.8 Å². The van der Waals surface area contributed by atoms with Gasteiger partial charge >= 0.3 is 0 Å². The number of rotatable bonds is 4. The molecular weight excluding hydrogens is 376 g/mol. The number of amides is 2. The number of halogens is 1. The van der Waals surface area contributed by atoms with Crippen LogP contribution in [0.15, 0.2) is 60.7 Å². The van der Waals surface area contributed by atoms with Crippen molar-refractivity contribution in [1.29, 1.82) is 5.26 Å². The van der Waals surface area contributed by atoms with Gasteiger partial charge in [-0.15, -0.1) is 0 Å². The molecule has 0 spiro atoms. The first kappa shape index (κ1) is 19.1. The van der Waals surface area contributed by atoms with Gasteiger partial charge in [-0.05, 0) is 61.0 Å². The Labute approximate surface area is 166 Å². The molecule has 0 aliphatic rings. The van der Waals surface area contributed by atoms with Gasteiger partial charge in [-0.2, -0.15) is 5.26 Å². The molecule has 0 unspecified atom stereocenters. The first-order valence-corrected chi connectivity index (χ1v) is 8.71. The van der Waals surface area contributed by atoms with Gasteiger partial charge in [-0.25, -0.2) is 4.98 Å². The zero-order valence-electron chi connectivity index (χ0n) is 14.9. The fraction of sp³-hybridized carbons (Fsp3) is 0.0476. The van der Waals surface area contributed by atoms with E-state index in [1.54, 1.807) is 55.5 Å². The Bertz CT molecular complexity index is 1090. The van der Waals surface area contributed by atoms with E-state index in [-0.39, 0.29) is 11.4 Å². The van der Waals surface area contributed by atoms with Crippen LogP contribution in [-0.2, 0) is 0 Å².